The van der Waals surface area contributed by atoms with Crippen molar-refractivity contribution in [2.24, 2.45) is 32.9 Å². The predicted molar refractivity (Wildman–Crippen MR) is 164 cm³/mol. The van der Waals surface area contributed by atoms with Gasteiger partial charge in [-0.15, -0.1) is 0 Å². The van der Waals surface area contributed by atoms with Gasteiger partial charge in [-0.25, -0.2) is 0 Å². The molecule has 0 heterocycles. The molecule has 0 saturated heterocycles. The molecule has 0 aliphatic heterocycles. The van der Waals surface area contributed by atoms with Crippen LogP contribution in [0.1, 0.15) is 36.1 Å². The lowest BCUT2D eigenvalue weighted by Crippen LogP contribution is -2.23. The van der Waals surface area contributed by atoms with Crippen LogP contribution in [-0.2, 0) is 18.3 Å². The summed E-state index contributed by atoms with van der Waals surface area (Å²) in [5.41, 5.74) is 34.4. The van der Waals surface area contributed by atoms with E-state index >= 15 is 0 Å². The lowest BCUT2D eigenvalue weighted by Gasteiger charge is -2.23. The summed E-state index contributed by atoms with van der Waals surface area (Å²) < 4.78 is 0. The Morgan fingerprint density at radius 2 is 0.974 bits per heavy atom. The highest BCUT2D eigenvalue weighted by atomic mass is 15.0. The number of rotatable bonds is 8. The fourth-order valence-electron chi connectivity index (χ4n) is 5.54. The van der Waals surface area contributed by atoms with Crippen LogP contribution in [0.3, 0.4) is 0 Å². The number of nitrogens with zero attached hydrogens (tertiary/aromatic N) is 2. The molecule has 1 aliphatic carbocycles. The summed E-state index contributed by atoms with van der Waals surface area (Å²) in [4.78, 5) is 8.25. The van der Waals surface area contributed by atoms with Crippen molar-refractivity contribution in [1.29, 1.82) is 0 Å². The molecule has 0 fully saturated rings. The van der Waals surface area contributed by atoms with Gasteiger partial charge in [0.25, 0.3) is 0 Å². The second-order valence-electron chi connectivity index (χ2n) is 10.7. The van der Waals surface area contributed by atoms with Crippen LogP contribution in [0.25, 0.3) is 33.4 Å². The maximum atomic E-state index is 5.48. The highest BCUT2D eigenvalue weighted by molar-refractivity contribution is 5.86. The van der Waals surface area contributed by atoms with Gasteiger partial charge >= 0.3 is 0 Å². The maximum absolute atomic E-state index is 5.48. The molecular weight excluding hydrogens is 480 g/mol. The molecule has 0 saturated carbocycles. The summed E-state index contributed by atoms with van der Waals surface area (Å²) in [7, 11) is 0. The number of nitrogens with two attached hydrogens (primary N) is 4. The SMILES string of the molecule is CC1(C)c2cc(-c3cccc(CCN=C(N)N)c3)ccc2-c2ccc(-c3cccc(CCN=C(N)N)c3)cc21. The maximum Gasteiger partial charge on any atom is 0.185 e. The van der Waals surface area contributed by atoms with E-state index in [-0.39, 0.29) is 17.3 Å². The number of aliphatic imine (C=N–C) groups is 2. The number of hydrogen-bond donors (Lipinski definition) is 4. The first-order chi connectivity index (χ1) is 18.7. The normalized spacial score (nSPS) is 12.9. The molecule has 198 valence electrons. The van der Waals surface area contributed by atoms with Crippen LogP contribution in [0, 0.1) is 0 Å². The highest BCUT2D eigenvalue weighted by Gasteiger charge is 2.35. The van der Waals surface area contributed by atoms with Gasteiger partial charge in [-0.05, 0) is 80.6 Å². The lowest BCUT2D eigenvalue weighted by molar-refractivity contribution is 0.661. The zero-order valence-corrected chi connectivity index (χ0v) is 22.6. The number of benzene rings is 4. The Labute approximate surface area is 230 Å². The lowest BCUT2D eigenvalue weighted by atomic mass is 9.80. The van der Waals surface area contributed by atoms with Crippen molar-refractivity contribution >= 4 is 11.9 Å². The zero-order chi connectivity index (χ0) is 27.6. The van der Waals surface area contributed by atoms with E-state index in [1.807, 2.05) is 0 Å². The smallest absolute Gasteiger partial charge is 0.185 e. The van der Waals surface area contributed by atoms with E-state index in [2.05, 4.69) is 109 Å². The second-order valence-corrected chi connectivity index (χ2v) is 10.7. The van der Waals surface area contributed by atoms with Crippen LogP contribution in [0.2, 0.25) is 0 Å². The molecule has 0 bridgehead atoms. The average Bonchev–Trinajstić information content (AvgIpc) is 3.14. The molecule has 0 radical (unpaired) electrons. The summed E-state index contributed by atoms with van der Waals surface area (Å²) in [5.74, 6) is 0.260. The molecule has 4 aromatic carbocycles. The van der Waals surface area contributed by atoms with Crippen molar-refractivity contribution in [3.8, 4) is 33.4 Å². The van der Waals surface area contributed by atoms with Gasteiger partial charge in [0.05, 0.1) is 0 Å². The van der Waals surface area contributed by atoms with Gasteiger partial charge in [0.2, 0.25) is 0 Å². The molecule has 6 heteroatoms. The minimum Gasteiger partial charge on any atom is -0.370 e. The fraction of sp³-hybridized carbons (Fsp3) is 0.212. The van der Waals surface area contributed by atoms with Crippen molar-refractivity contribution in [3.05, 3.63) is 107 Å². The zero-order valence-electron chi connectivity index (χ0n) is 22.6. The van der Waals surface area contributed by atoms with E-state index in [0.29, 0.717) is 13.1 Å². The van der Waals surface area contributed by atoms with Gasteiger partial charge in [-0.3, -0.25) is 9.98 Å². The molecule has 8 N–H and O–H groups in total. The predicted octanol–water partition coefficient (Wildman–Crippen LogP) is 4.96. The van der Waals surface area contributed by atoms with Gasteiger partial charge in [-0.2, -0.15) is 0 Å². The van der Waals surface area contributed by atoms with Crippen molar-refractivity contribution < 1.29 is 0 Å². The number of hydrogen-bond acceptors (Lipinski definition) is 2. The first-order valence-electron chi connectivity index (χ1n) is 13.3. The van der Waals surface area contributed by atoms with Crippen molar-refractivity contribution in [2.75, 3.05) is 13.1 Å². The average molecular weight is 517 g/mol. The summed E-state index contributed by atoms with van der Waals surface area (Å²) in [6.07, 6.45) is 1.60. The molecule has 0 spiro atoms. The Morgan fingerprint density at radius 1 is 0.564 bits per heavy atom. The van der Waals surface area contributed by atoms with Gasteiger partial charge < -0.3 is 22.9 Å². The van der Waals surface area contributed by atoms with Crippen LogP contribution in [0.15, 0.2) is 94.9 Å². The Hall–Kier alpha value is -4.58. The van der Waals surface area contributed by atoms with Gasteiger partial charge in [0, 0.05) is 18.5 Å². The largest absolute Gasteiger partial charge is 0.370 e. The van der Waals surface area contributed by atoms with Crippen LogP contribution in [0.4, 0.5) is 0 Å². The molecule has 5 rings (SSSR count). The third-order valence-electron chi connectivity index (χ3n) is 7.59. The van der Waals surface area contributed by atoms with E-state index in [1.54, 1.807) is 0 Å². The van der Waals surface area contributed by atoms with Gasteiger partial charge in [-0.1, -0.05) is 86.6 Å². The molecule has 0 amide bonds. The van der Waals surface area contributed by atoms with E-state index in [4.69, 9.17) is 22.9 Å². The standard InChI is InChI=1S/C33H36N6/c1-33(2)29-19-25(23-7-3-5-21(17-23)13-15-38-31(34)35)9-11-27(29)28-12-10-26(20-30(28)33)24-8-4-6-22(18-24)14-16-39-32(36)37/h3-12,17-20H,13-16H2,1-2H3,(H4,34,35,38)(H4,36,37,39). The molecule has 0 unspecified atom stereocenters. The Bertz CT molecular complexity index is 1460. The molecule has 1 aliphatic rings. The number of fused-ring (bicyclic) bond motifs is 3. The fourth-order valence-corrected chi connectivity index (χ4v) is 5.54. The topological polar surface area (TPSA) is 129 Å². The molecule has 4 aromatic rings. The summed E-state index contributed by atoms with van der Waals surface area (Å²) in [6, 6.07) is 31.0. The van der Waals surface area contributed by atoms with Crippen LogP contribution < -0.4 is 22.9 Å². The van der Waals surface area contributed by atoms with Crippen molar-refractivity contribution in [2.45, 2.75) is 32.1 Å². The second kappa shape index (κ2) is 10.7. The quantitative estimate of drug-likeness (QED) is 0.195. The van der Waals surface area contributed by atoms with Crippen molar-refractivity contribution in [3.63, 3.8) is 0 Å². The van der Waals surface area contributed by atoms with E-state index < -0.39 is 0 Å². The summed E-state index contributed by atoms with van der Waals surface area (Å²) >= 11 is 0. The molecule has 0 aromatic heterocycles. The first-order valence-corrected chi connectivity index (χ1v) is 13.3. The van der Waals surface area contributed by atoms with Gasteiger partial charge in [0.15, 0.2) is 11.9 Å². The Morgan fingerprint density at radius 3 is 1.38 bits per heavy atom. The molecular formula is C33H36N6. The molecule has 0 atom stereocenters. The third kappa shape index (κ3) is 5.50. The Balaban J connectivity index is 1.43. The Kier molecular flexibility index (Phi) is 7.11. The summed E-state index contributed by atoms with van der Waals surface area (Å²) in [5, 5.41) is 0. The summed E-state index contributed by atoms with van der Waals surface area (Å²) in [6.45, 7) is 5.81. The van der Waals surface area contributed by atoms with E-state index in [1.165, 1.54) is 55.6 Å². The van der Waals surface area contributed by atoms with E-state index in [0.717, 1.165) is 12.8 Å². The van der Waals surface area contributed by atoms with Crippen molar-refractivity contribution in [1.82, 2.24) is 0 Å². The third-order valence-corrected chi connectivity index (χ3v) is 7.59. The number of guanidine groups is 2. The van der Waals surface area contributed by atoms with Gasteiger partial charge in [0.1, 0.15) is 0 Å². The highest BCUT2D eigenvalue weighted by Crippen LogP contribution is 2.50. The monoisotopic (exact) mass is 516 g/mol. The van der Waals surface area contributed by atoms with Crippen LogP contribution >= 0.6 is 0 Å². The minimum atomic E-state index is -0.118. The molecule has 39 heavy (non-hydrogen) atoms. The minimum absolute atomic E-state index is 0.118. The van der Waals surface area contributed by atoms with Crippen LogP contribution in [0.5, 0.6) is 0 Å². The van der Waals surface area contributed by atoms with Crippen LogP contribution in [-0.4, -0.2) is 25.0 Å². The first kappa shape index (κ1) is 26.0. The molecule has 6 nitrogen and oxygen atoms in total. The van der Waals surface area contributed by atoms with E-state index in [9.17, 15) is 0 Å².